The molecule has 0 saturated heterocycles. The third kappa shape index (κ3) is 2.85. The molecule has 1 heterocycles. The van der Waals surface area contributed by atoms with Gasteiger partial charge in [-0.25, -0.2) is 4.39 Å². The number of aromatic nitrogens is 2. The van der Waals surface area contributed by atoms with Crippen LogP contribution in [0.5, 0.6) is 0 Å². The predicted octanol–water partition coefficient (Wildman–Crippen LogP) is 2.58. The first-order valence-electron chi connectivity index (χ1n) is 6.34. The second kappa shape index (κ2) is 5.91. The molecular weight excluding hydrogens is 279 g/mol. The summed E-state index contributed by atoms with van der Waals surface area (Å²) in [6.45, 7) is 3.94. The number of nitrogens with zero attached hydrogens (tertiary/aromatic N) is 2. The molecular formula is C14H18ClFN4. The van der Waals surface area contributed by atoms with Crippen LogP contribution in [0.2, 0.25) is 5.02 Å². The van der Waals surface area contributed by atoms with E-state index in [1.54, 1.807) is 6.07 Å². The molecule has 0 amide bonds. The summed E-state index contributed by atoms with van der Waals surface area (Å²) in [4.78, 5) is 0. The van der Waals surface area contributed by atoms with Gasteiger partial charge in [0.15, 0.2) is 0 Å². The van der Waals surface area contributed by atoms with Crippen molar-refractivity contribution in [2.45, 2.75) is 26.3 Å². The minimum absolute atomic E-state index is 0.264. The number of nitrogens with one attached hydrogen (secondary N) is 1. The zero-order valence-corrected chi connectivity index (χ0v) is 12.5. The summed E-state index contributed by atoms with van der Waals surface area (Å²) >= 11 is 6.14. The van der Waals surface area contributed by atoms with Gasteiger partial charge in [0.2, 0.25) is 0 Å². The Morgan fingerprint density at radius 1 is 1.45 bits per heavy atom. The first kappa shape index (κ1) is 15.0. The van der Waals surface area contributed by atoms with Gasteiger partial charge in [-0.05, 0) is 49.6 Å². The standard InChI is InChI=1S/C14H18ClFN4/c1-8-11(9(2)20(3)19-8)7-14(18-17)12-6-10(16)4-5-13(12)15/h4-6,14,18H,7,17H2,1-3H3. The molecule has 2 aromatic rings. The lowest BCUT2D eigenvalue weighted by atomic mass is 9.98. The first-order valence-corrected chi connectivity index (χ1v) is 6.72. The Morgan fingerprint density at radius 3 is 2.70 bits per heavy atom. The monoisotopic (exact) mass is 296 g/mol. The van der Waals surface area contributed by atoms with Gasteiger partial charge in [0, 0.05) is 17.8 Å². The highest BCUT2D eigenvalue weighted by Crippen LogP contribution is 2.28. The Kier molecular flexibility index (Phi) is 4.42. The SMILES string of the molecule is Cc1nn(C)c(C)c1CC(NN)c1cc(F)ccc1Cl. The minimum Gasteiger partial charge on any atom is -0.272 e. The topological polar surface area (TPSA) is 55.9 Å². The molecule has 0 spiro atoms. The quantitative estimate of drug-likeness (QED) is 0.673. The zero-order valence-electron chi connectivity index (χ0n) is 11.7. The van der Waals surface area contributed by atoms with Gasteiger partial charge in [-0.2, -0.15) is 5.10 Å². The predicted molar refractivity (Wildman–Crippen MR) is 77.9 cm³/mol. The highest BCUT2D eigenvalue weighted by atomic mass is 35.5. The van der Waals surface area contributed by atoms with Gasteiger partial charge in [-0.3, -0.25) is 16.0 Å². The van der Waals surface area contributed by atoms with E-state index in [1.165, 1.54) is 12.1 Å². The fourth-order valence-electron chi connectivity index (χ4n) is 2.36. The Balaban J connectivity index is 2.36. The van der Waals surface area contributed by atoms with Gasteiger partial charge in [0.1, 0.15) is 5.82 Å². The molecule has 6 heteroatoms. The van der Waals surface area contributed by atoms with Crippen molar-refractivity contribution in [3.63, 3.8) is 0 Å². The Morgan fingerprint density at radius 2 is 2.15 bits per heavy atom. The number of nitrogens with two attached hydrogens (primary N) is 1. The van der Waals surface area contributed by atoms with Crippen molar-refractivity contribution in [1.29, 1.82) is 0 Å². The van der Waals surface area contributed by atoms with E-state index in [9.17, 15) is 4.39 Å². The summed E-state index contributed by atoms with van der Waals surface area (Å²) < 4.78 is 15.2. The molecule has 0 saturated carbocycles. The summed E-state index contributed by atoms with van der Waals surface area (Å²) in [6, 6.07) is 4.02. The van der Waals surface area contributed by atoms with Crippen molar-refractivity contribution >= 4 is 11.6 Å². The summed E-state index contributed by atoms with van der Waals surface area (Å²) in [5, 5.41) is 4.87. The lowest BCUT2D eigenvalue weighted by Gasteiger charge is -2.18. The smallest absolute Gasteiger partial charge is 0.123 e. The Hall–Kier alpha value is -1.43. The molecule has 3 N–H and O–H groups in total. The van der Waals surface area contributed by atoms with Crippen molar-refractivity contribution in [2.75, 3.05) is 0 Å². The maximum absolute atomic E-state index is 13.4. The third-order valence-electron chi connectivity index (χ3n) is 3.60. The maximum Gasteiger partial charge on any atom is 0.123 e. The molecule has 0 aliphatic heterocycles. The molecule has 0 aliphatic rings. The second-order valence-corrected chi connectivity index (χ2v) is 5.27. The number of aryl methyl sites for hydroxylation is 2. The average molecular weight is 297 g/mol. The van der Waals surface area contributed by atoms with Gasteiger partial charge >= 0.3 is 0 Å². The van der Waals surface area contributed by atoms with Gasteiger partial charge in [0.25, 0.3) is 0 Å². The second-order valence-electron chi connectivity index (χ2n) is 4.86. The molecule has 1 aromatic heterocycles. The van der Waals surface area contributed by atoms with E-state index in [0.29, 0.717) is 17.0 Å². The van der Waals surface area contributed by atoms with Crippen LogP contribution < -0.4 is 11.3 Å². The van der Waals surface area contributed by atoms with Crippen LogP contribution in [0.3, 0.4) is 0 Å². The lowest BCUT2D eigenvalue weighted by Crippen LogP contribution is -2.30. The maximum atomic E-state index is 13.4. The molecule has 0 aliphatic carbocycles. The number of hydrogen-bond acceptors (Lipinski definition) is 3. The highest BCUT2D eigenvalue weighted by Gasteiger charge is 2.19. The summed E-state index contributed by atoms with van der Waals surface area (Å²) in [5.41, 5.74) is 6.46. The molecule has 0 radical (unpaired) electrons. The summed E-state index contributed by atoms with van der Waals surface area (Å²) in [6.07, 6.45) is 0.602. The Labute approximate surface area is 122 Å². The third-order valence-corrected chi connectivity index (χ3v) is 3.95. The molecule has 20 heavy (non-hydrogen) atoms. The van der Waals surface area contributed by atoms with Gasteiger partial charge in [-0.15, -0.1) is 0 Å². The molecule has 1 unspecified atom stereocenters. The van der Waals surface area contributed by atoms with Crippen LogP contribution >= 0.6 is 11.6 Å². The van der Waals surface area contributed by atoms with Crippen LogP contribution in [-0.2, 0) is 13.5 Å². The molecule has 2 rings (SSSR count). The molecule has 1 atom stereocenters. The minimum atomic E-state index is -0.329. The van der Waals surface area contributed by atoms with E-state index in [-0.39, 0.29) is 11.9 Å². The van der Waals surface area contributed by atoms with Crippen LogP contribution in [0, 0.1) is 19.7 Å². The fourth-order valence-corrected chi connectivity index (χ4v) is 2.61. The van der Waals surface area contributed by atoms with Crippen LogP contribution in [0.1, 0.15) is 28.6 Å². The number of rotatable bonds is 4. The normalized spacial score (nSPS) is 12.7. The van der Waals surface area contributed by atoms with Crippen molar-refractivity contribution in [3.05, 3.63) is 51.6 Å². The van der Waals surface area contributed by atoms with Crippen LogP contribution in [0.15, 0.2) is 18.2 Å². The van der Waals surface area contributed by atoms with E-state index in [2.05, 4.69) is 10.5 Å². The largest absolute Gasteiger partial charge is 0.272 e. The molecule has 0 bridgehead atoms. The van der Waals surface area contributed by atoms with E-state index in [4.69, 9.17) is 17.4 Å². The zero-order chi connectivity index (χ0) is 14.9. The van der Waals surface area contributed by atoms with Crippen molar-refractivity contribution in [2.24, 2.45) is 12.9 Å². The highest BCUT2D eigenvalue weighted by molar-refractivity contribution is 6.31. The van der Waals surface area contributed by atoms with E-state index >= 15 is 0 Å². The summed E-state index contributed by atoms with van der Waals surface area (Å²) in [5.74, 6) is 5.29. The summed E-state index contributed by atoms with van der Waals surface area (Å²) in [7, 11) is 1.89. The molecule has 108 valence electrons. The number of hydrazine groups is 1. The van der Waals surface area contributed by atoms with Crippen molar-refractivity contribution in [3.8, 4) is 0 Å². The Bertz CT molecular complexity index is 624. The molecule has 1 aromatic carbocycles. The van der Waals surface area contributed by atoms with E-state index in [0.717, 1.165) is 17.0 Å². The first-order chi connectivity index (χ1) is 9.43. The average Bonchev–Trinajstić information content (AvgIpc) is 2.65. The van der Waals surface area contributed by atoms with Crippen molar-refractivity contribution < 1.29 is 4.39 Å². The van der Waals surface area contributed by atoms with E-state index in [1.807, 2.05) is 25.6 Å². The fraction of sp³-hybridized carbons (Fsp3) is 0.357. The van der Waals surface area contributed by atoms with Crippen LogP contribution in [0.4, 0.5) is 4.39 Å². The number of halogens is 2. The molecule has 0 fully saturated rings. The van der Waals surface area contributed by atoms with Crippen LogP contribution in [-0.4, -0.2) is 9.78 Å². The van der Waals surface area contributed by atoms with E-state index < -0.39 is 0 Å². The molecule has 4 nitrogen and oxygen atoms in total. The van der Waals surface area contributed by atoms with Crippen LogP contribution in [0.25, 0.3) is 0 Å². The van der Waals surface area contributed by atoms with Gasteiger partial charge in [-0.1, -0.05) is 11.6 Å². The number of benzene rings is 1. The van der Waals surface area contributed by atoms with Crippen molar-refractivity contribution in [1.82, 2.24) is 15.2 Å². The van der Waals surface area contributed by atoms with Gasteiger partial charge < -0.3 is 0 Å². The lowest BCUT2D eigenvalue weighted by molar-refractivity contribution is 0.542. The number of hydrogen-bond donors (Lipinski definition) is 2. The van der Waals surface area contributed by atoms with Gasteiger partial charge in [0.05, 0.1) is 11.7 Å².